The Morgan fingerprint density at radius 2 is 1.91 bits per heavy atom. The van der Waals surface area contributed by atoms with Gasteiger partial charge in [0.05, 0.1) is 18.3 Å². The van der Waals surface area contributed by atoms with Crippen LogP contribution in [-0.4, -0.2) is 58.2 Å². The molecule has 4 saturated carbocycles. The summed E-state index contributed by atoms with van der Waals surface area (Å²) in [7, 11) is 0. The molecular formula is C34H53N5O5. The summed E-state index contributed by atoms with van der Waals surface area (Å²) in [5, 5.41) is 42.5. The number of azide groups is 1. The van der Waals surface area contributed by atoms with Gasteiger partial charge in [0.25, 0.3) is 0 Å². The number of aliphatic hydroxyl groups is 3. The largest absolute Gasteiger partial charge is 0.393 e. The van der Waals surface area contributed by atoms with Crippen molar-refractivity contribution < 1.29 is 24.9 Å². The van der Waals surface area contributed by atoms with E-state index in [1.165, 1.54) is 6.08 Å². The van der Waals surface area contributed by atoms with Gasteiger partial charge in [-0.3, -0.25) is 9.59 Å². The van der Waals surface area contributed by atoms with E-state index in [1.807, 2.05) is 6.08 Å². The molecule has 0 spiro atoms. The molecule has 0 aromatic rings. The molecule has 5 N–H and O–H groups in total. The SMILES string of the molecule is C#CCC(NC(=O)C=CCCC(C)C1CCC2C3C(O)CC4CC(O)CCC4(C)C3CC(O)C12C)NC(=O)CCCN=[N+]=[N-]. The lowest BCUT2D eigenvalue weighted by Gasteiger charge is -2.63. The quantitative estimate of drug-likeness (QED) is 0.0413. The molecule has 0 radical (unpaired) electrons. The summed E-state index contributed by atoms with van der Waals surface area (Å²) in [4.78, 5) is 27.4. The van der Waals surface area contributed by atoms with Gasteiger partial charge in [-0.1, -0.05) is 32.0 Å². The van der Waals surface area contributed by atoms with Crippen LogP contribution in [0.15, 0.2) is 17.3 Å². The highest BCUT2D eigenvalue weighted by molar-refractivity contribution is 5.88. The molecule has 12 atom stereocenters. The lowest BCUT2D eigenvalue weighted by Crippen LogP contribution is -2.62. The summed E-state index contributed by atoms with van der Waals surface area (Å²) in [5.74, 6) is 3.63. The van der Waals surface area contributed by atoms with Crippen LogP contribution in [0.2, 0.25) is 0 Å². The van der Waals surface area contributed by atoms with Crippen LogP contribution >= 0.6 is 0 Å². The second-order valence-corrected chi connectivity index (χ2v) is 14.6. The summed E-state index contributed by atoms with van der Waals surface area (Å²) in [6, 6.07) is 0. The van der Waals surface area contributed by atoms with E-state index < -0.39 is 12.3 Å². The Hall–Kier alpha value is -2.57. The van der Waals surface area contributed by atoms with E-state index in [0.717, 1.165) is 51.4 Å². The van der Waals surface area contributed by atoms with Gasteiger partial charge in [0.2, 0.25) is 11.8 Å². The Kier molecular flexibility index (Phi) is 11.4. The summed E-state index contributed by atoms with van der Waals surface area (Å²) in [6.07, 6.45) is 15.4. The van der Waals surface area contributed by atoms with Gasteiger partial charge in [-0.2, -0.15) is 0 Å². The molecule has 0 aliphatic heterocycles. The molecular weight excluding hydrogens is 558 g/mol. The van der Waals surface area contributed by atoms with E-state index in [9.17, 15) is 24.9 Å². The number of terminal acetylenes is 1. The van der Waals surface area contributed by atoms with Crippen LogP contribution in [0.5, 0.6) is 0 Å². The Labute approximate surface area is 262 Å². The first kappa shape index (κ1) is 34.3. The molecule has 0 heterocycles. The molecule has 244 valence electrons. The molecule has 0 aromatic heterocycles. The molecule has 0 aromatic carbocycles. The Morgan fingerprint density at radius 1 is 1.14 bits per heavy atom. The van der Waals surface area contributed by atoms with E-state index >= 15 is 0 Å². The van der Waals surface area contributed by atoms with Gasteiger partial charge in [0.1, 0.15) is 6.17 Å². The van der Waals surface area contributed by atoms with E-state index in [1.54, 1.807) is 0 Å². The van der Waals surface area contributed by atoms with Crippen LogP contribution in [0.3, 0.4) is 0 Å². The molecule has 10 nitrogen and oxygen atoms in total. The van der Waals surface area contributed by atoms with Crippen molar-refractivity contribution in [2.45, 2.75) is 122 Å². The fourth-order valence-electron chi connectivity index (χ4n) is 9.98. The zero-order valence-corrected chi connectivity index (χ0v) is 26.7. The maximum absolute atomic E-state index is 12.6. The van der Waals surface area contributed by atoms with Gasteiger partial charge in [-0.25, -0.2) is 0 Å². The van der Waals surface area contributed by atoms with E-state index in [4.69, 9.17) is 12.0 Å². The number of rotatable bonds is 12. The predicted molar refractivity (Wildman–Crippen MR) is 168 cm³/mol. The van der Waals surface area contributed by atoms with Crippen molar-refractivity contribution in [1.82, 2.24) is 10.6 Å². The highest BCUT2D eigenvalue weighted by atomic mass is 16.3. The number of allylic oxidation sites excluding steroid dienone is 1. The van der Waals surface area contributed by atoms with Crippen molar-refractivity contribution in [3.05, 3.63) is 22.6 Å². The fourth-order valence-corrected chi connectivity index (χ4v) is 9.98. The second-order valence-electron chi connectivity index (χ2n) is 14.6. The number of carbonyl (C=O) groups excluding carboxylic acids is 2. The van der Waals surface area contributed by atoms with Crippen molar-refractivity contribution in [1.29, 1.82) is 0 Å². The first-order chi connectivity index (χ1) is 20.9. The van der Waals surface area contributed by atoms with Crippen LogP contribution < -0.4 is 10.6 Å². The topological polar surface area (TPSA) is 168 Å². The van der Waals surface area contributed by atoms with Gasteiger partial charge in [-0.15, -0.1) is 12.3 Å². The zero-order valence-electron chi connectivity index (χ0n) is 26.7. The molecule has 0 bridgehead atoms. The highest BCUT2D eigenvalue weighted by Crippen LogP contribution is 2.68. The van der Waals surface area contributed by atoms with Gasteiger partial charge < -0.3 is 26.0 Å². The molecule has 12 unspecified atom stereocenters. The maximum atomic E-state index is 12.6. The summed E-state index contributed by atoms with van der Waals surface area (Å²) >= 11 is 0. The number of carbonyl (C=O) groups is 2. The first-order valence-electron chi connectivity index (χ1n) is 16.7. The minimum absolute atomic E-state index is 0.0651. The number of amides is 2. The monoisotopic (exact) mass is 611 g/mol. The maximum Gasteiger partial charge on any atom is 0.245 e. The molecule has 44 heavy (non-hydrogen) atoms. The number of fused-ring (bicyclic) bond motifs is 5. The zero-order chi connectivity index (χ0) is 32.1. The lowest BCUT2D eigenvalue weighted by molar-refractivity contribution is -0.207. The van der Waals surface area contributed by atoms with Crippen LogP contribution in [0.1, 0.15) is 97.8 Å². The Balaban J connectivity index is 1.31. The molecule has 4 aliphatic rings. The molecule has 0 saturated heterocycles. The molecule has 4 aliphatic carbocycles. The average Bonchev–Trinajstić information content (AvgIpc) is 3.33. The van der Waals surface area contributed by atoms with Crippen LogP contribution in [0, 0.1) is 58.7 Å². The highest BCUT2D eigenvalue weighted by Gasteiger charge is 2.65. The summed E-state index contributed by atoms with van der Waals surface area (Å²) < 4.78 is 0. The van der Waals surface area contributed by atoms with Gasteiger partial charge in [0.15, 0.2) is 0 Å². The van der Waals surface area contributed by atoms with Gasteiger partial charge >= 0.3 is 0 Å². The smallest absolute Gasteiger partial charge is 0.245 e. The molecule has 10 heteroatoms. The van der Waals surface area contributed by atoms with Crippen LogP contribution in [-0.2, 0) is 9.59 Å². The van der Waals surface area contributed by atoms with Crippen LogP contribution in [0.25, 0.3) is 10.4 Å². The number of hydrogen-bond donors (Lipinski definition) is 5. The second kappa shape index (κ2) is 14.7. The Morgan fingerprint density at radius 3 is 2.64 bits per heavy atom. The fraction of sp³-hybridized carbons (Fsp3) is 0.824. The Bertz CT molecular complexity index is 1150. The van der Waals surface area contributed by atoms with Gasteiger partial charge in [-0.05, 0) is 122 Å². The standard InChI is InChI=1S/C34H53N5O5/c1-5-9-29(38-31(44)12-8-17-36-39-35)37-30(43)11-7-6-10-21(2)24-13-14-25-32-26(20-28(42)34(24,25)4)33(3)16-15-23(40)18-22(33)19-27(32)41/h1,7,11,21-29,32,40-42H,6,8-10,12-20H2,2-4H3,(H,37,43)(H,38,44). The normalized spacial score (nSPS) is 39.1. The third-order valence-corrected chi connectivity index (χ3v) is 12.3. The average molecular weight is 612 g/mol. The van der Waals surface area contributed by atoms with Crippen molar-refractivity contribution in [3.8, 4) is 12.3 Å². The number of nitrogens with one attached hydrogen (secondary N) is 2. The molecule has 4 rings (SSSR count). The number of nitrogens with zero attached hydrogens (tertiary/aromatic N) is 3. The summed E-state index contributed by atoms with van der Waals surface area (Å²) in [6.45, 7) is 7.10. The molecule has 2 amide bonds. The minimum atomic E-state index is -0.679. The van der Waals surface area contributed by atoms with Crippen molar-refractivity contribution >= 4 is 11.8 Å². The third kappa shape index (κ3) is 7.12. The first-order valence-corrected chi connectivity index (χ1v) is 16.7. The van der Waals surface area contributed by atoms with Crippen LogP contribution in [0.4, 0.5) is 0 Å². The lowest BCUT2D eigenvalue weighted by atomic mass is 9.43. The van der Waals surface area contributed by atoms with Crippen molar-refractivity contribution in [3.63, 3.8) is 0 Å². The van der Waals surface area contributed by atoms with Crippen molar-refractivity contribution in [2.75, 3.05) is 6.54 Å². The van der Waals surface area contributed by atoms with Gasteiger partial charge in [0, 0.05) is 24.3 Å². The predicted octanol–water partition coefficient (Wildman–Crippen LogP) is 4.59. The van der Waals surface area contributed by atoms with Crippen molar-refractivity contribution in [2.24, 2.45) is 51.5 Å². The summed E-state index contributed by atoms with van der Waals surface area (Å²) in [5.41, 5.74) is 8.15. The third-order valence-electron chi connectivity index (χ3n) is 12.3. The minimum Gasteiger partial charge on any atom is -0.393 e. The molecule has 4 fully saturated rings. The van der Waals surface area contributed by atoms with E-state index in [0.29, 0.717) is 30.6 Å². The van der Waals surface area contributed by atoms with E-state index in [2.05, 4.69) is 47.4 Å². The number of aliphatic hydroxyl groups excluding tert-OH is 3. The van der Waals surface area contributed by atoms with E-state index in [-0.39, 0.29) is 72.0 Å². The number of hydrogen-bond acceptors (Lipinski definition) is 6.